The number of rotatable bonds is 6. The standard InChI is InChI=1S/C16H17FN2O4S/c1-10-9-24-16(22)19(10)8-14(20)23-11(2)15(21)18-7-12-3-5-13(17)6-4-12/h3-6,9,11H,7-8H2,1-2H3,(H,18,21)/t11-/m0/s1. The molecular formula is C16H17FN2O4S. The molecule has 1 atom stereocenters. The van der Waals surface area contributed by atoms with Crippen molar-refractivity contribution >= 4 is 23.2 Å². The van der Waals surface area contributed by atoms with Gasteiger partial charge in [-0.05, 0) is 31.5 Å². The first-order chi connectivity index (χ1) is 11.4. The van der Waals surface area contributed by atoms with Crippen LogP contribution in [0.15, 0.2) is 34.4 Å². The van der Waals surface area contributed by atoms with E-state index in [9.17, 15) is 18.8 Å². The van der Waals surface area contributed by atoms with Gasteiger partial charge < -0.3 is 10.1 Å². The minimum absolute atomic E-state index is 0.199. The number of benzene rings is 1. The van der Waals surface area contributed by atoms with Gasteiger partial charge in [-0.3, -0.25) is 19.0 Å². The topological polar surface area (TPSA) is 77.4 Å². The quantitative estimate of drug-likeness (QED) is 0.801. The largest absolute Gasteiger partial charge is 0.451 e. The summed E-state index contributed by atoms with van der Waals surface area (Å²) in [5, 5.41) is 4.25. The maximum atomic E-state index is 12.8. The lowest BCUT2D eigenvalue weighted by atomic mass is 10.2. The van der Waals surface area contributed by atoms with E-state index in [1.54, 1.807) is 24.4 Å². The highest BCUT2D eigenvalue weighted by Crippen LogP contribution is 2.04. The maximum Gasteiger partial charge on any atom is 0.326 e. The number of esters is 1. The average molecular weight is 352 g/mol. The average Bonchev–Trinajstić information content (AvgIpc) is 2.85. The summed E-state index contributed by atoms with van der Waals surface area (Å²) in [7, 11) is 0. The zero-order valence-corrected chi connectivity index (χ0v) is 14.1. The number of carbonyl (C=O) groups is 2. The normalized spacial score (nSPS) is 11.8. The van der Waals surface area contributed by atoms with Gasteiger partial charge in [0.2, 0.25) is 0 Å². The molecule has 128 valence electrons. The van der Waals surface area contributed by atoms with Gasteiger partial charge >= 0.3 is 10.8 Å². The zero-order chi connectivity index (χ0) is 17.7. The Balaban J connectivity index is 1.83. The summed E-state index contributed by atoms with van der Waals surface area (Å²) < 4.78 is 19.1. The molecule has 8 heteroatoms. The van der Waals surface area contributed by atoms with E-state index < -0.39 is 18.0 Å². The first kappa shape index (κ1) is 17.9. The van der Waals surface area contributed by atoms with Gasteiger partial charge in [-0.15, -0.1) is 0 Å². The van der Waals surface area contributed by atoms with E-state index in [1.165, 1.54) is 23.6 Å². The Bertz CT molecular complexity index is 782. The number of ether oxygens (including phenoxy) is 1. The Labute approximate surface area is 141 Å². The number of hydrogen-bond acceptors (Lipinski definition) is 5. The molecule has 2 rings (SSSR count). The highest BCUT2D eigenvalue weighted by Gasteiger charge is 2.18. The van der Waals surface area contributed by atoms with Crippen molar-refractivity contribution in [2.24, 2.45) is 0 Å². The minimum Gasteiger partial charge on any atom is -0.451 e. The molecule has 0 aliphatic heterocycles. The van der Waals surface area contributed by atoms with Crippen LogP contribution in [0.5, 0.6) is 0 Å². The summed E-state index contributed by atoms with van der Waals surface area (Å²) in [5.41, 5.74) is 1.39. The number of thiazole rings is 1. The van der Waals surface area contributed by atoms with E-state index in [2.05, 4.69) is 5.32 Å². The van der Waals surface area contributed by atoms with Crippen LogP contribution in [0.1, 0.15) is 18.2 Å². The van der Waals surface area contributed by atoms with E-state index in [0.717, 1.165) is 16.9 Å². The molecule has 0 bridgehead atoms. The number of amides is 1. The van der Waals surface area contributed by atoms with Gasteiger partial charge in [0, 0.05) is 17.6 Å². The van der Waals surface area contributed by atoms with E-state index in [-0.39, 0.29) is 23.8 Å². The molecule has 0 saturated carbocycles. The third-order valence-electron chi connectivity index (χ3n) is 3.32. The van der Waals surface area contributed by atoms with Crippen LogP contribution < -0.4 is 10.2 Å². The number of aryl methyl sites for hydroxylation is 1. The summed E-state index contributed by atoms with van der Waals surface area (Å²) in [6.45, 7) is 3.12. The summed E-state index contributed by atoms with van der Waals surface area (Å²) in [4.78, 5) is 35.1. The number of halogens is 1. The fourth-order valence-electron chi connectivity index (χ4n) is 1.95. The van der Waals surface area contributed by atoms with E-state index >= 15 is 0 Å². The highest BCUT2D eigenvalue weighted by atomic mass is 32.1. The second-order valence-electron chi connectivity index (χ2n) is 5.21. The number of aromatic nitrogens is 1. The molecule has 0 fully saturated rings. The molecule has 0 aliphatic carbocycles. The molecule has 0 aliphatic rings. The van der Waals surface area contributed by atoms with Crippen molar-refractivity contribution in [1.29, 1.82) is 0 Å². The Hall–Kier alpha value is -2.48. The van der Waals surface area contributed by atoms with Crippen LogP contribution in [0.2, 0.25) is 0 Å². The molecule has 2 aromatic rings. The highest BCUT2D eigenvalue weighted by molar-refractivity contribution is 7.07. The van der Waals surface area contributed by atoms with Gasteiger partial charge in [0.05, 0.1) is 0 Å². The summed E-state index contributed by atoms with van der Waals surface area (Å²) in [6, 6.07) is 5.70. The molecule has 0 unspecified atom stereocenters. The number of hydrogen-bond donors (Lipinski definition) is 1. The lowest BCUT2D eigenvalue weighted by Gasteiger charge is -2.14. The first-order valence-corrected chi connectivity index (χ1v) is 8.11. The van der Waals surface area contributed by atoms with E-state index in [0.29, 0.717) is 5.69 Å². The smallest absolute Gasteiger partial charge is 0.326 e. The predicted molar refractivity (Wildman–Crippen MR) is 87.1 cm³/mol. The van der Waals surface area contributed by atoms with Crippen molar-refractivity contribution < 1.29 is 18.7 Å². The molecule has 1 amide bonds. The van der Waals surface area contributed by atoms with Crippen LogP contribution in [0.25, 0.3) is 0 Å². The number of carbonyl (C=O) groups excluding carboxylic acids is 2. The van der Waals surface area contributed by atoms with Gasteiger partial charge in [-0.2, -0.15) is 0 Å². The Morgan fingerprint density at radius 2 is 2.00 bits per heavy atom. The van der Waals surface area contributed by atoms with Gasteiger partial charge in [0.1, 0.15) is 12.4 Å². The summed E-state index contributed by atoms with van der Waals surface area (Å²) in [6.07, 6.45) is -0.993. The minimum atomic E-state index is -0.993. The van der Waals surface area contributed by atoms with Crippen LogP contribution in [0.4, 0.5) is 4.39 Å². The fourth-order valence-corrected chi connectivity index (χ4v) is 2.68. The van der Waals surface area contributed by atoms with Gasteiger partial charge in [-0.1, -0.05) is 23.5 Å². The van der Waals surface area contributed by atoms with Crippen LogP contribution in [-0.4, -0.2) is 22.5 Å². The van der Waals surface area contributed by atoms with Crippen molar-refractivity contribution in [3.63, 3.8) is 0 Å². The van der Waals surface area contributed by atoms with E-state index in [4.69, 9.17) is 4.74 Å². The summed E-state index contributed by atoms with van der Waals surface area (Å²) in [5.74, 6) is -1.49. The van der Waals surface area contributed by atoms with Crippen LogP contribution in [0, 0.1) is 12.7 Å². The third-order valence-corrected chi connectivity index (χ3v) is 4.20. The molecule has 1 N–H and O–H groups in total. The van der Waals surface area contributed by atoms with Crippen molar-refractivity contribution in [2.75, 3.05) is 0 Å². The van der Waals surface area contributed by atoms with Gasteiger partial charge in [0.15, 0.2) is 6.10 Å². The number of nitrogens with one attached hydrogen (secondary N) is 1. The van der Waals surface area contributed by atoms with Crippen molar-refractivity contribution in [1.82, 2.24) is 9.88 Å². The Morgan fingerprint density at radius 3 is 2.58 bits per heavy atom. The monoisotopic (exact) mass is 352 g/mol. The predicted octanol–water partition coefficient (Wildman–Crippen LogP) is 1.61. The third kappa shape index (κ3) is 4.76. The molecule has 0 radical (unpaired) electrons. The first-order valence-electron chi connectivity index (χ1n) is 7.23. The van der Waals surface area contributed by atoms with Crippen molar-refractivity contribution in [3.8, 4) is 0 Å². The van der Waals surface area contributed by atoms with Gasteiger partial charge in [-0.25, -0.2) is 4.39 Å². The second-order valence-corrected chi connectivity index (χ2v) is 6.03. The van der Waals surface area contributed by atoms with Crippen molar-refractivity contribution in [2.45, 2.75) is 33.0 Å². The molecule has 24 heavy (non-hydrogen) atoms. The number of nitrogens with zero attached hydrogens (tertiary/aromatic N) is 1. The SMILES string of the molecule is Cc1csc(=O)n1CC(=O)O[C@@H](C)C(=O)NCc1ccc(F)cc1. The van der Waals surface area contributed by atoms with E-state index in [1.807, 2.05) is 0 Å². The second kappa shape index (κ2) is 7.87. The lowest BCUT2D eigenvalue weighted by molar-refractivity contribution is -0.155. The molecular weight excluding hydrogens is 335 g/mol. The van der Waals surface area contributed by atoms with Crippen LogP contribution in [0.3, 0.4) is 0 Å². The van der Waals surface area contributed by atoms with Crippen LogP contribution in [-0.2, 0) is 27.4 Å². The Morgan fingerprint density at radius 1 is 1.33 bits per heavy atom. The molecule has 1 aromatic carbocycles. The molecule has 0 saturated heterocycles. The van der Waals surface area contributed by atoms with Crippen molar-refractivity contribution in [3.05, 3.63) is 56.4 Å². The zero-order valence-electron chi connectivity index (χ0n) is 13.2. The molecule has 6 nitrogen and oxygen atoms in total. The maximum absolute atomic E-state index is 12.8. The lowest BCUT2D eigenvalue weighted by Crippen LogP contribution is -2.36. The Kier molecular flexibility index (Phi) is 5.86. The molecule has 1 heterocycles. The summed E-state index contributed by atoms with van der Waals surface area (Å²) >= 11 is 0.999. The molecule has 0 spiro atoms. The van der Waals surface area contributed by atoms with Crippen LogP contribution >= 0.6 is 11.3 Å². The molecule has 1 aromatic heterocycles. The van der Waals surface area contributed by atoms with Gasteiger partial charge in [0.25, 0.3) is 5.91 Å². The fraction of sp³-hybridized carbons (Fsp3) is 0.312.